The van der Waals surface area contributed by atoms with E-state index in [1.165, 1.54) is 0 Å². The van der Waals surface area contributed by atoms with E-state index in [1.54, 1.807) is 27.5 Å². The van der Waals surface area contributed by atoms with Gasteiger partial charge in [0.1, 0.15) is 22.5 Å². The highest BCUT2D eigenvalue weighted by Crippen LogP contribution is 2.24. The Hall–Kier alpha value is -1.76. The smallest absolute Gasteiger partial charge is 0.410 e. The van der Waals surface area contributed by atoms with E-state index >= 15 is 0 Å². The molecule has 2 heterocycles. The number of carbonyl (C=O) groups excluding carboxylic acids is 1. The van der Waals surface area contributed by atoms with Crippen LogP contribution in [-0.4, -0.2) is 44.0 Å². The van der Waals surface area contributed by atoms with Gasteiger partial charge in [-0.25, -0.2) is 14.3 Å². The van der Waals surface area contributed by atoms with E-state index in [2.05, 4.69) is 17.0 Å². The summed E-state index contributed by atoms with van der Waals surface area (Å²) in [5.74, 6) is 0. The number of rotatable bonds is 6. The van der Waals surface area contributed by atoms with Crippen LogP contribution in [0.1, 0.15) is 46.1 Å². The zero-order valence-corrected chi connectivity index (χ0v) is 15.9. The Morgan fingerprint density at radius 3 is 2.79 bits per heavy atom. The number of hydrogen-bond donors (Lipinski definition) is 0. The lowest BCUT2D eigenvalue weighted by molar-refractivity contribution is 0.0232. The Bertz CT molecular complexity index is 693. The maximum Gasteiger partial charge on any atom is 0.410 e. The molecule has 2 aromatic heterocycles. The van der Waals surface area contributed by atoms with E-state index in [-0.39, 0.29) is 6.09 Å². The SMILES string of the molecule is CCCCN(Cc1ccn2ncnc(SC)c12)C(=O)OC(C)(C)C. The van der Waals surface area contributed by atoms with E-state index in [4.69, 9.17) is 4.74 Å². The van der Waals surface area contributed by atoms with Gasteiger partial charge in [-0.05, 0) is 39.5 Å². The molecule has 0 saturated heterocycles. The molecule has 0 N–H and O–H groups in total. The zero-order valence-electron chi connectivity index (χ0n) is 15.1. The number of ether oxygens (including phenoxy) is 1. The van der Waals surface area contributed by atoms with Crippen LogP contribution in [0.25, 0.3) is 5.52 Å². The van der Waals surface area contributed by atoms with Crippen molar-refractivity contribution in [3.63, 3.8) is 0 Å². The van der Waals surface area contributed by atoms with Crippen LogP contribution in [0.3, 0.4) is 0 Å². The molecule has 2 aromatic rings. The quantitative estimate of drug-likeness (QED) is 0.737. The van der Waals surface area contributed by atoms with Gasteiger partial charge in [0.25, 0.3) is 0 Å². The molecule has 0 aliphatic carbocycles. The van der Waals surface area contributed by atoms with Crippen molar-refractivity contribution in [1.29, 1.82) is 0 Å². The second-order valence-corrected chi connectivity index (χ2v) is 7.45. The molecule has 6 nitrogen and oxygen atoms in total. The monoisotopic (exact) mass is 350 g/mol. The van der Waals surface area contributed by atoms with Crippen molar-refractivity contribution < 1.29 is 9.53 Å². The summed E-state index contributed by atoms with van der Waals surface area (Å²) in [5.41, 5.74) is 1.48. The molecular formula is C17H26N4O2S. The van der Waals surface area contributed by atoms with Crippen LogP contribution in [-0.2, 0) is 11.3 Å². The minimum absolute atomic E-state index is 0.280. The molecule has 0 aromatic carbocycles. The zero-order chi connectivity index (χ0) is 17.7. The number of amides is 1. The van der Waals surface area contributed by atoms with Crippen LogP contribution in [0.4, 0.5) is 4.79 Å². The Morgan fingerprint density at radius 1 is 1.42 bits per heavy atom. The minimum atomic E-state index is -0.502. The fraction of sp³-hybridized carbons (Fsp3) is 0.588. The van der Waals surface area contributed by atoms with Gasteiger partial charge in [0.2, 0.25) is 0 Å². The molecule has 24 heavy (non-hydrogen) atoms. The van der Waals surface area contributed by atoms with Gasteiger partial charge in [0.15, 0.2) is 0 Å². The topological polar surface area (TPSA) is 59.7 Å². The normalized spacial score (nSPS) is 11.7. The van der Waals surface area contributed by atoms with Crippen LogP contribution in [0, 0.1) is 0 Å². The van der Waals surface area contributed by atoms with Gasteiger partial charge in [-0.1, -0.05) is 13.3 Å². The lowest BCUT2D eigenvalue weighted by atomic mass is 10.2. The van der Waals surface area contributed by atoms with Crippen molar-refractivity contribution >= 4 is 23.4 Å². The highest BCUT2D eigenvalue weighted by atomic mass is 32.2. The summed E-state index contributed by atoms with van der Waals surface area (Å²) in [6.45, 7) is 8.93. The average molecular weight is 350 g/mol. The predicted molar refractivity (Wildman–Crippen MR) is 96.3 cm³/mol. The lowest BCUT2D eigenvalue weighted by Gasteiger charge is -2.27. The minimum Gasteiger partial charge on any atom is -0.444 e. The Kier molecular flexibility index (Phi) is 6.10. The molecule has 0 spiro atoms. The maximum atomic E-state index is 12.5. The van der Waals surface area contributed by atoms with Crippen LogP contribution in [0.5, 0.6) is 0 Å². The second-order valence-electron chi connectivity index (χ2n) is 6.66. The fourth-order valence-electron chi connectivity index (χ4n) is 2.38. The maximum absolute atomic E-state index is 12.5. The third-order valence-corrected chi connectivity index (χ3v) is 4.18. The number of thioether (sulfide) groups is 1. The Labute approximate surface area is 147 Å². The third-order valence-electron chi connectivity index (χ3n) is 3.49. The summed E-state index contributed by atoms with van der Waals surface area (Å²) in [6.07, 6.45) is 7.12. The van der Waals surface area contributed by atoms with Crippen molar-refractivity contribution in [2.24, 2.45) is 0 Å². The summed E-state index contributed by atoms with van der Waals surface area (Å²) in [7, 11) is 0. The van der Waals surface area contributed by atoms with Gasteiger partial charge in [0, 0.05) is 18.3 Å². The molecule has 0 bridgehead atoms. The van der Waals surface area contributed by atoms with Crippen LogP contribution in [0.15, 0.2) is 23.6 Å². The molecule has 2 rings (SSSR count). The number of carbonyl (C=O) groups is 1. The first-order valence-corrected chi connectivity index (χ1v) is 9.41. The van der Waals surface area contributed by atoms with Crippen molar-refractivity contribution in [1.82, 2.24) is 19.5 Å². The second kappa shape index (κ2) is 7.88. The molecule has 0 fully saturated rings. The lowest BCUT2D eigenvalue weighted by Crippen LogP contribution is -2.37. The molecular weight excluding hydrogens is 324 g/mol. The van der Waals surface area contributed by atoms with Crippen molar-refractivity contribution in [2.75, 3.05) is 12.8 Å². The summed E-state index contributed by atoms with van der Waals surface area (Å²) >= 11 is 1.57. The molecule has 0 saturated carbocycles. The summed E-state index contributed by atoms with van der Waals surface area (Å²) in [4.78, 5) is 18.6. The van der Waals surface area contributed by atoms with Gasteiger partial charge in [-0.2, -0.15) is 5.10 Å². The Balaban J connectivity index is 2.27. The van der Waals surface area contributed by atoms with Gasteiger partial charge in [-0.15, -0.1) is 11.8 Å². The first-order valence-electron chi connectivity index (χ1n) is 8.19. The largest absolute Gasteiger partial charge is 0.444 e. The average Bonchev–Trinajstić information content (AvgIpc) is 2.92. The molecule has 0 aliphatic heterocycles. The van der Waals surface area contributed by atoms with Crippen LogP contribution >= 0.6 is 11.8 Å². The predicted octanol–water partition coefficient (Wildman–Crippen LogP) is 3.99. The Morgan fingerprint density at radius 2 is 2.17 bits per heavy atom. The third kappa shape index (κ3) is 4.63. The van der Waals surface area contributed by atoms with Crippen LogP contribution in [0.2, 0.25) is 0 Å². The molecule has 0 atom stereocenters. The van der Waals surface area contributed by atoms with Gasteiger partial charge < -0.3 is 9.64 Å². The molecule has 0 aliphatic rings. The summed E-state index contributed by atoms with van der Waals surface area (Å²) in [5, 5.41) is 5.15. The van der Waals surface area contributed by atoms with E-state index in [1.807, 2.05) is 39.3 Å². The van der Waals surface area contributed by atoms with Gasteiger partial charge in [-0.3, -0.25) is 0 Å². The number of hydrogen-bond acceptors (Lipinski definition) is 5. The van der Waals surface area contributed by atoms with Crippen molar-refractivity contribution in [3.05, 3.63) is 24.2 Å². The van der Waals surface area contributed by atoms with Crippen molar-refractivity contribution in [2.45, 2.75) is 57.7 Å². The molecule has 1 amide bonds. The van der Waals surface area contributed by atoms with Crippen molar-refractivity contribution in [3.8, 4) is 0 Å². The highest BCUT2D eigenvalue weighted by Gasteiger charge is 2.23. The molecule has 7 heteroatoms. The number of unbranched alkanes of at least 4 members (excludes halogenated alkanes) is 1. The van der Waals surface area contributed by atoms with Crippen LogP contribution < -0.4 is 0 Å². The summed E-state index contributed by atoms with van der Waals surface area (Å²) in [6, 6.07) is 1.99. The molecule has 0 unspecified atom stereocenters. The first-order chi connectivity index (χ1) is 11.4. The van der Waals surface area contributed by atoms with E-state index in [9.17, 15) is 4.79 Å². The number of aromatic nitrogens is 3. The number of fused-ring (bicyclic) bond motifs is 1. The van der Waals surface area contributed by atoms with E-state index < -0.39 is 5.60 Å². The standard InChI is InChI=1S/C17H26N4O2S/c1-6-7-9-20(16(22)23-17(2,3)4)11-13-8-10-21-14(13)15(24-5)18-12-19-21/h8,10,12H,6-7,9,11H2,1-5H3. The molecule has 0 radical (unpaired) electrons. The van der Waals surface area contributed by atoms with E-state index in [0.717, 1.165) is 28.9 Å². The summed E-state index contributed by atoms with van der Waals surface area (Å²) < 4.78 is 7.36. The highest BCUT2D eigenvalue weighted by molar-refractivity contribution is 7.98. The van der Waals surface area contributed by atoms with E-state index in [0.29, 0.717) is 13.1 Å². The van der Waals surface area contributed by atoms with Gasteiger partial charge >= 0.3 is 6.09 Å². The number of nitrogens with zero attached hydrogens (tertiary/aromatic N) is 4. The molecule has 132 valence electrons. The first kappa shape index (κ1) is 18.6. The van der Waals surface area contributed by atoms with Gasteiger partial charge in [0.05, 0.1) is 6.54 Å². The fourth-order valence-corrected chi connectivity index (χ4v) is 2.95.